The molecule has 0 fully saturated rings. The van der Waals surface area contributed by atoms with Gasteiger partial charge >= 0.3 is 6.03 Å². The largest absolute Gasteiger partial charge is 0.466 e. The highest BCUT2D eigenvalue weighted by Crippen LogP contribution is 2.41. The molecule has 2 rings (SSSR count). The Morgan fingerprint density at radius 1 is 1.59 bits per heavy atom. The second kappa shape index (κ2) is 6.71. The Bertz CT molecular complexity index is 524. The summed E-state index contributed by atoms with van der Waals surface area (Å²) in [5, 5.41) is 15.2. The van der Waals surface area contributed by atoms with Gasteiger partial charge in [0.2, 0.25) is 0 Å². The molecular weight excluding hydrogens is 284 g/mol. The van der Waals surface area contributed by atoms with Crippen molar-refractivity contribution in [2.24, 2.45) is 5.41 Å². The van der Waals surface area contributed by atoms with Crippen LogP contribution >= 0.6 is 0 Å². The van der Waals surface area contributed by atoms with E-state index < -0.39 is 6.10 Å². The number of nitrogens with one attached hydrogen (secondary N) is 2. The van der Waals surface area contributed by atoms with E-state index in [1.807, 2.05) is 13.0 Å². The van der Waals surface area contributed by atoms with E-state index in [-0.39, 0.29) is 30.6 Å². The summed E-state index contributed by atoms with van der Waals surface area (Å²) in [6.45, 7) is 6.61. The topological polar surface area (TPSA) is 83.7 Å². The van der Waals surface area contributed by atoms with E-state index in [9.17, 15) is 9.90 Å². The number of furan rings is 1. The van der Waals surface area contributed by atoms with Gasteiger partial charge in [-0.1, -0.05) is 13.8 Å². The smallest absolute Gasteiger partial charge is 0.315 e. The number of hydrogen-bond acceptors (Lipinski definition) is 4. The molecule has 2 atom stereocenters. The third-order valence-corrected chi connectivity index (χ3v) is 3.90. The summed E-state index contributed by atoms with van der Waals surface area (Å²) >= 11 is 0. The molecule has 1 heterocycles. The van der Waals surface area contributed by atoms with Gasteiger partial charge in [-0.3, -0.25) is 0 Å². The fourth-order valence-electron chi connectivity index (χ4n) is 2.98. The average Bonchev–Trinajstić information content (AvgIpc) is 2.76. The van der Waals surface area contributed by atoms with Crippen molar-refractivity contribution >= 4 is 6.03 Å². The molecule has 3 N–H and O–H groups in total. The SMILES string of the molecule is COCC(O)CNC(=O)NC1CC(C)(C)Cc2oc(C)cc21. The first kappa shape index (κ1) is 16.8. The van der Waals surface area contributed by atoms with Crippen molar-refractivity contribution in [3.05, 3.63) is 23.2 Å². The molecule has 6 nitrogen and oxygen atoms in total. The molecule has 124 valence electrons. The summed E-state index contributed by atoms with van der Waals surface area (Å²) < 4.78 is 10.6. The fourth-order valence-corrected chi connectivity index (χ4v) is 2.98. The Morgan fingerprint density at radius 2 is 2.32 bits per heavy atom. The number of hydrogen-bond donors (Lipinski definition) is 3. The molecule has 0 aromatic carbocycles. The van der Waals surface area contributed by atoms with Crippen molar-refractivity contribution in [2.45, 2.75) is 45.8 Å². The molecule has 0 bridgehead atoms. The van der Waals surface area contributed by atoms with E-state index in [2.05, 4.69) is 24.5 Å². The standard InChI is InChI=1S/C16H26N2O4/c1-10-5-12-13(6-16(2,3)7-14(12)22-10)18-15(20)17-8-11(19)9-21-4/h5,11,13,19H,6-9H2,1-4H3,(H2,17,18,20). The third kappa shape index (κ3) is 4.24. The molecule has 0 spiro atoms. The molecule has 1 aliphatic carbocycles. The Kier molecular flexibility index (Phi) is 5.13. The van der Waals surface area contributed by atoms with E-state index >= 15 is 0 Å². The van der Waals surface area contributed by atoms with Crippen molar-refractivity contribution in [3.63, 3.8) is 0 Å². The zero-order chi connectivity index (χ0) is 16.3. The number of rotatable bonds is 5. The maximum atomic E-state index is 12.0. The zero-order valence-electron chi connectivity index (χ0n) is 13.7. The molecule has 0 saturated carbocycles. The molecule has 1 aliphatic rings. The van der Waals surface area contributed by atoms with Gasteiger partial charge in [-0.15, -0.1) is 0 Å². The molecule has 6 heteroatoms. The molecule has 1 aromatic rings. The Balaban J connectivity index is 1.98. The molecule has 0 radical (unpaired) electrons. The van der Waals surface area contributed by atoms with Gasteiger partial charge in [-0.05, 0) is 24.8 Å². The van der Waals surface area contributed by atoms with Crippen LogP contribution in [0.1, 0.15) is 43.4 Å². The highest BCUT2D eigenvalue weighted by Gasteiger charge is 2.35. The quantitative estimate of drug-likeness (QED) is 0.775. The highest BCUT2D eigenvalue weighted by atomic mass is 16.5. The summed E-state index contributed by atoms with van der Waals surface area (Å²) in [6, 6.07) is 1.63. The minimum absolute atomic E-state index is 0.0734. The maximum absolute atomic E-state index is 12.0. The van der Waals surface area contributed by atoms with Crippen molar-refractivity contribution in [1.82, 2.24) is 10.6 Å². The summed E-state index contributed by atoms with van der Waals surface area (Å²) in [6.07, 6.45) is 1.03. The minimum atomic E-state index is -0.703. The molecule has 22 heavy (non-hydrogen) atoms. The lowest BCUT2D eigenvalue weighted by Gasteiger charge is -2.34. The first-order valence-electron chi connectivity index (χ1n) is 7.61. The third-order valence-electron chi connectivity index (χ3n) is 3.90. The number of aliphatic hydroxyl groups excluding tert-OH is 1. The van der Waals surface area contributed by atoms with Crippen LogP contribution in [0.15, 0.2) is 10.5 Å². The van der Waals surface area contributed by atoms with E-state index in [1.165, 1.54) is 7.11 Å². The van der Waals surface area contributed by atoms with Crippen LogP contribution in [0.4, 0.5) is 4.79 Å². The Labute approximate surface area is 131 Å². The summed E-state index contributed by atoms with van der Waals surface area (Å²) in [5.74, 6) is 1.82. The van der Waals surface area contributed by atoms with Crippen LogP contribution in [0.25, 0.3) is 0 Å². The number of aliphatic hydroxyl groups is 1. The summed E-state index contributed by atoms with van der Waals surface area (Å²) in [5.41, 5.74) is 1.13. The van der Waals surface area contributed by atoms with Gasteiger partial charge in [0.25, 0.3) is 0 Å². The number of fused-ring (bicyclic) bond motifs is 1. The second-order valence-electron chi connectivity index (χ2n) is 6.80. The number of carbonyl (C=O) groups excluding carboxylic acids is 1. The number of methoxy groups -OCH3 is 1. The normalized spacial score (nSPS) is 21.0. The monoisotopic (exact) mass is 310 g/mol. The van der Waals surface area contributed by atoms with Crippen molar-refractivity contribution in [1.29, 1.82) is 0 Å². The number of ether oxygens (including phenoxy) is 1. The lowest BCUT2D eigenvalue weighted by Crippen LogP contribution is -2.44. The van der Waals surface area contributed by atoms with Gasteiger partial charge < -0.3 is 24.9 Å². The van der Waals surface area contributed by atoms with Crippen LogP contribution < -0.4 is 10.6 Å². The van der Waals surface area contributed by atoms with E-state index in [0.29, 0.717) is 0 Å². The molecule has 1 aromatic heterocycles. The van der Waals surface area contributed by atoms with E-state index in [1.54, 1.807) is 0 Å². The predicted octanol–water partition coefficient (Wildman–Crippen LogP) is 1.91. The van der Waals surface area contributed by atoms with Gasteiger partial charge in [-0.2, -0.15) is 0 Å². The Hall–Kier alpha value is -1.53. The molecular formula is C16H26N2O4. The lowest BCUT2D eigenvalue weighted by molar-refractivity contribution is 0.0658. The highest BCUT2D eigenvalue weighted by molar-refractivity contribution is 5.74. The van der Waals surface area contributed by atoms with E-state index in [4.69, 9.17) is 9.15 Å². The summed E-state index contributed by atoms with van der Waals surface area (Å²) in [7, 11) is 1.51. The zero-order valence-corrected chi connectivity index (χ0v) is 13.7. The van der Waals surface area contributed by atoms with Crippen LogP contribution in [-0.4, -0.2) is 37.5 Å². The lowest BCUT2D eigenvalue weighted by atomic mass is 9.75. The minimum Gasteiger partial charge on any atom is -0.466 e. The van der Waals surface area contributed by atoms with E-state index in [0.717, 1.165) is 29.9 Å². The second-order valence-corrected chi connectivity index (χ2v) is 6.80. The summed E-state index contributed by atoms with van der Waals surface area (Å²) in [4.78, 5) is 12.0. The predicted molar refractivity (Wildman–Crippen MR) is 82.7 cm³/mol. The Morgan fingerprint density at radius 3 is 3.00 bits per heavy atom. The van der Waals surface area contributed by atoms with Crippen LogP contribution in [-0.2, 0) is 11.2 Å². The van der Waals surface area contributed by atoms with Gasteiger partial charge in [0, 0.05) is 25.6 Å². The van der Waals surface area contributed by atoms with Crippen molar-refractivity contribution < 1.29 is 19.1 Å². The molecule has 0 saturated heterocycles. The fraction of sp³-hybridized carbons (Fsp3) is 0.688. The molecule has 0 aliphatic heterocycles. The van der Waals surface area contributed by atoms with Gasteiger partial charge in [0.05, 0.1) is 18.8 Å². The first-order chi connectivity index (χ1) is 10.3. The first-order valence-corrected chi connectivity index (χ1v) is 7.61. The van der Waals surface area contributed by atoms with Crippen LogP contribution in [0.2, 0.25) is 0 Å². The average molecular weight is 310 g/mol. The van der Waals surface area contributed by atoms with Crippen LogP contribution in [0.5, 0.6) is 0 Å². The molecule has 2 amide bonds. The van der Waals surface area contributed by atoms with Crippen LogP contribution in [0, 0.1) is 12.3 Å². The number of amides is 2. The number of carbonyl (C=O) groups is 1. The van der Waals surface area contributed by atoms with Crippen LogP contribution in [0.3, 0.4) is 0 Å². The van der Waals surface area contributed by atoms with Gasteiger partial charge in [-0.25, -0.2) is 4.79 Å². The van der Waals surface area contributed by atoms with Crippen molar-refractivity contribution in [2.75, 3.05) is 20.3 Å². The van der Waals surface area contributed by atoms with Gasteiger partial charge in [0.1, 0.15) is 11.5 Å². The molecule has 2 unspecified atom stereocenters. The number of urea groups is 1. The maximum Gasteiger partial charge on any atom is 0.315 e. The number of aryl methyl sites for hydroxylation is 1. The van der Waals surface area contributed by atoms with Gasteiger partial charge in [0.15, 0.2) is 0 Å². The van der Waals surface area contributed by atoms with Crippen molar-refractivity contribution in [3.8, 4) is 0 Å².